The van der Waals surface area contributed by atoms with Gasteiger partial charge in [0.15, 0.2) is 0 Å². The van der Waals surface area contributed by atoms with Crippen LogP contribution in [0.5, 0.6) is 11.5 Å². The number of carbonyl (C=O) groups excluding carboxylic acids is 2. The van der Waals surface area contributed by atoms with Gasteiger partial charge in [-0.15, -0.1) is 0 Å². The summed E-state index contributed by atoms with van der Waals surface area (Å²) in [5, 5.41) is 16.9. The van der Waals surface area contributed by atoms with E-state index in [1.54, 1.807) is 36.5 Å². The van der Waals surface area contributed by atoms with Crippen LogP contribution in [0.4, 0.5) is 18.3 Å². The number of nitrogens with one attached hydrogen (secondary N) is 3. The summed E-state index contributed by atoms with van der Waals surface area (Å²) in [4.78, 5) is 36.6. The number of nitrogens with zero attached hydrogens (tertiary/aromatic N) is 5. The van der Waals surface area contributed by atoms with Crippen molar-refractivity contribution >= 4 is 38.5 Å². The molecule has 2 aliphatic carbocycles. The minimum Gasteiger partial charge on any atom is -0.455 e. The molecule has 0 radical (unpaired) electrons. The van der Waals surface area contributed by atoms with Crippen LogP contribution in [0.1, 0.15) is 100 Å². The summed E-state index contributed by atoms with van der Waals surface area (Å²) in [5.74, 6) is 1.03. The number of nitriles is 1. The van der Waals surface area contributed by atoms with Crippen LogP contribution in [-0.4, -0.2) is 97.1 Å². The van der Waals surface area contributed by atoms with Crippen LogP contribution in [-0.2, 0) is 41.8 Å². The third-order valence-electron chi connectivity index (χ3n) is 14.2. The van der Waals surface area contributed by atoms with Crippen molar-refractivity contribution in [3.8, 4) is 39.8 Å². The fourth-order valence-electron chi connectivity index (χ4n) is 10.1. The molecule has 0 bridgehead atoms. The van der Waals surface area contributed by atoms with Gasteiger partial charge in [0.05, 0.1) is 40.5 Å². The van der Waals surface area contributed by atoms with E-state index < -0.39 is 21.8 Å². The van der Waals surface area contributed by atoms with Crippen molar-refractivity contribution in [2.24, 2.45) is 17.6 Å². The number of hydrogen-bond donors (Lipinski definition) is 4. The molecule has 16 nitrogen and oxygen atoms in total. The zero-order valence-corrected chi connectivity index (χ0v) is 43.4. The zero-order chi connectivity index (χ0) is 52.8. The van der Waals surface area contributed by atoms with Gasteiger partial charge in [0.2, 0.25) is 16.9 Å². The molecule has 400 valence electrons. The van der Waals surface area contributed by atoms with E-state index in [-0.39, 0.29) is 63.1 Å². The van der Waals surface area contributed by atoms with E-state index >= 15 is 0 Å². The van der Waals surface area contributed by atoms with Crippen LogP contribution in [0.15, 0.2) is 90.2 Å². The predicted octanol–water partition coefficient (Wildman–Crippen LogP) is 9.23. The van der Waals surface area contributed by atoms with Crippen molar-refractivity contribution < 1.29 is 45.4 Å². The smallest absolute Gasteiger partial charge is 0.416 e. The number of benzene rings is 3. The molecule has 2 saturated carbocycles. The molecule has 0 atom stereocenters. The SMILES string of the molecule is N#Cc1cc(S(=O)(=O)Nc2ncns2)ccc1Oc1ccc(-c2cccc(C(F)(F)F)c2)cc1-c1ccnc(CNCCC2CCN(C(=O)C3CCC(NC(=O)CCCOC4CCC(OCCN)CC4)CC3)CC2)c1. The van der Waals surface area contributed by atoms with Crippen molar-refractivity contribution in [1.82, 2.24) is 29.9 Å². The molecule has 3 fully saturated rings. The summed E-state index contributed by atoms with van der Waals surface area (Å²) in [5.41, 5.74) is 7.34. The molecule has 8 rings (SSSR count). The average Bonchev–Trinajstić information content (AvgIpc) is 3.93. The van der Waals surface area contributed by atoms with Crippen LogP contribution in [0.2, 0.25) is 0 Å². The Morgan fingerprint density at radius 2 is 1.57 bits per heavy atom. The minimum absolute atomic E-state index is 0.0156. The van der Waals surface area contributed by atoms with E-state index in [0.29, 0.717) is 73.0 Å². The highest BCUT2D eigenvalue weighted by molar-refractivity contribution is 7.93. The van der Waals surface area contributed by atoms with Crippen LogP contribution in [0, 0.1) is 23.2 Å². The molecule has 2 amide bonds. The molecule has 2 aromatic heterocycles. The number of pyridine rings is 1. The highest BCUT2D eigenvalue weighted by atomic mass is 32.2. The Hall–Kier alpha value is -6.02. The van der Waals surface area contributed by atoms with Crippen molar-refractivity contribution in [3.05, 3.63) is 102 Å². The molecule has 3 heterocycles. The lowest BCUT2D eigenvalue weighted by Crippen LogP contribution is -2.45. The van der Waals surface area contributed by atoms with E-state index in [1.165, 1.54) is 30.6 Å². The molecule has 1 saturated heterocycles. The van der Waals surface area contributed by atoms with Crippen LogP contribution in [0.3, 0.4) is 0 Å². The summed E-state index contributed by atoms with van der Waals surface area (Å²) in [6.07, 6.45) is 9.73. The zero-order valence-electron chi connectivity index (χ0n) is 41.7. The lowest BCUT2D eigenvalue weighted by molar-refractivity contribution is -0.138. The van der Waals surface area contributed by atoms with E-state index in [2.05, 4.69) is 29.7 Å². The number of rotatable bonds is 22. The van der Waals surface area contributed by atoms with Gasteiger partial charge in [-0.3, -0.25) is 19.3 Å². The Morgan fingerprint density at radius 1 is 0.840 bits per heavy atom. The normalized spacial score (nSPS) is 19.5. The second kappa shape index (κ2) is 26.2. The maximum atomic E-state index is 13.8. The first-order valence-electron chi connectivity index (χ1n) is 25.7. The molecule has 5 aromatic rings. The van der Waals surface area contributed by atoms with Crippen molar-refractivity contribution in [2.75, 3.05) is 44.1 Å². The van der Waals surface area contributed by atoms with Crippen LogP contribution >= 0.6 is 11.5 Å². The Kier molecular flexibility index (Phi) is 19.3. The number of piperidine rings is 1. The minimum atomic E-state index is -4.55. The first kappa shape index (κ1) is 55.2. The fraction of sp³-hybridized carbons (Fsp3) is 0.481. The maximum absolute atomic E-state index is 13.8. The predicted molar refractivity (Wildman–Crippen MR) is 278 cm³/mol. The van der Waals surface area contributed by atoms with Crippen molar-refractivity contribution in [3.63, 3.8) is 0 Å². The Balaban J connectivity index is 0.805. The third kappa shape index (κ3) is 15.5. The van der Waals surface area contributed by atoms with E-state index in [4.69, 9.17) is 19.9 Å². The molecule has 3 aliphatic rings. The number of halogens is 3. The van der Waals surface area contributed by atoms with Gasteiger partial charge in [0.1, 0.15) is 23.9 Å². The molecule has 75 heavy (non-hydrogen) atoms. The number of amides is 2. The van der Waals surface area contributed by atoms with Crippen molar-refractivity contribution in [2.45, 2.75) is 119 Å². The van der Waals surface area contributed by atoms with Crippen LogP contribution < -0.4 is 25.8 Å². The molecule has 5 N–H and O–H groups in total. The quantitative estimate of drug-likeness (QED) is 0.0475. The topological polar surface area (TPSA) is 224 Å². The number of ether oxygens (including phenoxy) is 3. The summed E-state index contributed by atoms with van der Waals surface area (Å²) >= 11 is 0.854. The number of alkyl halides is 3. The van der Waals surface area contributed by atoms with Gasteiger partial charge in [-0.1, -0.05) is 18.2 Å². The number of aromatic nitrogens is 3. The Morgan fingerprint density at radius 3 is 2.28 bits per heavy atom. The maximum Gasteiger partial charge on any atom is 0.416 e. The number of anilines is 1. The summed E-state index contributed by atoms with van der Waals surface area (Å²) in [7, 11) is -4.12. The molecular formula is C54H64F3N9O7S2. The summed E-state index contributed by atoms with van der Waals surface area (Å²) in [6.45, 7) is 4.30. The summed E-state index contributed by atoms with van der Waals surface area (Å²) < 4.78 is 91.7. The number of sulfonamides is 1. The highest BCUT2D eigenvalue weighted by Gasteiger charge is 2.33. The second-order valence-corrected chi connectivity index (χ2v) is 21.9. The van der Waals surface area contributed by atoms with Gasteiger partial charge in [-0.05, 0) is 161 Å². The average molecular weight is 1070 g/mol. The summed E-state index contributed by atoms with van der Waals surface area (Å²) in [6, 6.07) is 19.5. The number of nitrogens with two attached hydrogens (primary N) is 1. The van der Waals surface area contributed by atoms with E-state index in [0.717, 1.165) is 114 Å². The molecule has 0 unspecified atom stereocenters. The molecule has 21 heteroatoms. The van der Waals surface area contributed by atoms with Gasteiger partial charge >= 0.3 is 6.18 Å². The Labute approximate surface area is 440 Å². The molecule has 3 aromatic carbocycles. The van der Waals surface area contributed by atoms with E-state index in [1.807, 2.05) is 17.0 Å². The first-order valence-corrected chi connectivity index (χ1v) is 28.0. The second-order valence-electron chi connectivity index (χ2n) is 19.4. The standard InChI is InChI=1S/C54H64F3N9O7S2/c55-54(56,57)42-4-1-3-38(29-42)39-8-16-50(73-49-17-15-47(31-41(49)33-59)75(69,70)65-53-62-35-63-74-53)48(32-39)40-19-24-61-44(30-40)34-60-23-18-36-20-25-66(26-21-36)52(68)37-6-9-43(10-7-37)64-51(67)5-2-27-71-45-11-13-46(14-12-45)72-28-22-58/h1,3-4,8,15-17,19,24,29-32,35-37,43,45-46,60H,2,5-7,9-14,18,20-23,25-28,34,58H2,(H,64,67)(H,62,63,65). The largest absolute Gasteiger partial charge is 0.455 e. The number of hydrogen-bond acceptors (Lipinski definition) is 14. The molecule has 0 spiro atoms. The molecule has 1 aliphatic heterocycles. The molecular weight excluding hydrogens is 1010 g/mol. The highest BCUT2D eigenvalue weighted by Crippen LogP contribution is 2.40. The van der Waals surface area contributed by atoms with Gasteiger partial charge in [-0.2, -0.15) is 22.8 Å². The van der Waals surface area contributed by atoms with Crippen molar-refractivity contribution in [1.29, 1.82) is 5.26 Å². The van der Waals surface area contributed by atoms with Gasteiger partial charge in [0.25, 0.3) is 10.0 Å². The van der Waals surface area contributed by atoms with Gasteiger partial charge < -0.3 is 35.5 Å². The first-order chi connectivity index (χ1) is 36.2. The number of likely N-dealkylation sites (tertiary alicyclic amines) is 1. The number of carbonyl (C=O) groups is 2. The monoisotopic (exact) mass is 1070 g/mol. The lowest BCUT2D eigenvalue weighted by atomic mass is 9.84. The lowest BCUT2D eigenvalue weighted by Gasteiger charge is -2.36. The Bertz CT molecular complexity index is 2850. The van der Waals surface area contributed by atoms with E-state index in [9.17, 15) is 36.4 Å². The fourth-order valence-corrected chi connectivity index (χ4v) is 11.8. The van der Waals surface area contributed by atoms with Crippen LogP contribution in [0.25, 0.3) is 22.3 Å². The third-order valence-corrected chi connectivity index (χ3v) is 16.3. The van der Waals surface area contributed by atoms with Gasteiger partial charge in [-0.25, -0.2) is 13.4 Å². The van der Waals surface area contributed by atoms with Gasteiger partial charge in [0, 0.05) is 74.5 Å².